The zero-order valence-electron chi connectivity index (χ0n) is 12.2. The molecule has 0 aliphatic carbocycles. The summed E-state index contributed by atoms with van der Waals surface area (Å²) in [6, 6.07) is 8.01. The number of aliphatic hydroxyl groups is 1. The van der Waals surface area contributed by atoms with E-state index >= 15 is 0 Å². The number of benzene rings is 1. The Morgan fingerprint density at radius 2 is 2.19 bits per heavy atom. The maximum absolute atomic E-state index is 12.4. The number of likely N-dealkylation sites (tertiary alicyclic amines) is 1. The van der Waals surface area contributed by atoms with E-state index in [1.165, 1.54) is 0 Å². The fourth-order valence-corrected chi connectivity index (χ4v) is 3.06. The predicted molar refractivity (Wildman–Crippen MR) is 83.1 cm³/mol. The molecular weight excluding hydrogens is 264 g/mol. The summed E-state index contributed by atoms with van der Waals surface area (Å²) < 4.78 is 0. The molecule has 21 heavy (non-hydrogen) atoms. The van der Waals surface area contributed by atoms with Gasteiger partial charge in [-0.1, -0.05) is 24.3 Å². The number of aromatic nitrogens is 1. The van der Waals surface area contributed by atoms with Crippen LogP contribution in [0.2, 0.25) is 0 Å². The molecule has 1 aliphatic rings. The molecule has 0 unspecified atom stereocenters. The van der Waals surface area contributed by atoms with Crippen LogP contribution in [-0.4, -0.2) is 39.6 Å². The Morgan fingerprint density at radius 1 is 1.48 bits per heavy atom. The van der Waals surface area contributed by atoms with E-state index in [1.54, 1.807) is 11.0 Å². The molecule has 4 nitrogen and oxygen atoms in total. The maximum Gasteiger partial charge on any atom is 0.227 e. The normalized spacial score (nSPS) is 16.8. The second-order valence-electron chi connectivity index (χ2n) is 5.92. The minimum absolute atomic E-state index is 0.0663. The molecule has 1 aliphatic heterocycles. The summed E-state index contributed by atoms with van der Waals surface area (Å²) >= 11 is 0. The molecule has 0 bridgehead atoms. The first-order valence-electron chi connectivity index (χ1n) is 7.20. The number of carbonyl (C=O) groups excluding carboxylic acids is 1. The number of aromatic amines is 1. The van der Waals surface area contributed by atoms with E-state index in [4.69, 9.17) is 0 Å². The molecule has 0 radical (unpaired) electrons. The van der Waals surface area contributed by atoms with Gasteiger partial charge in [0.25, 0.3) is 0 Å². The third kappa shape index (κ3) is 2.47. The van der Waals surface area contributed by atoms with Gasteiger partial charge < -0.3 is 15.0 Å². The molecule has 2 heterocycles. The number of fused-ring (bicyclic) bond motifs is 1. The fraction of sp³-hybridized carbons (Fsp3) is 0.353. The highest BCUT2D eigenvalue weighted by molar-refractivity contribution is 5.90. The summed E-state index contributed by atoms with van der Waals surface area (Å²) in [7, 11) is 0. The van der Waals surface area contributed by atoms with Crippen molar-refractivity contribution in [2.75, 3.05) is 13.1 Å². The Labute approximate surface area is 124 Å². The molecule has 110 valence electrons. The molecule has 2 aromatic rings. The van der Waals surface area contributed by atoms with Crippen molar-refractivity contribution in [2.45, 2.75) is 25.4 Å². The highest BCUT2D eigenvalue weighted by Crippen LogP contribution is 2.27. The first-order chi connectivity index (χ1) is 10.0. The van der Waals surface area contributed by atoms with Gasteiger partial charge in [0.1, 0.15) is 5.60 Å². The van der Waals surface area contributed by atoms with Crippen molar-refractivity contribution < 1.29 is 9.90 Å². The van der Waals surface area contributed by atoms with Crippen LogP contribution in [0.5, 0.6) is 0 Å². The van der Waals surface area contributed by atoms with Crippen LogP contribution >= 0.6 is 0 Å². The number of nitrogens with one attached hydrogen (secondary N) is 1. The number of para-hydroxylation sites is 1. The van der Waals surface area contributed by atoms with Gasteiger partial charge in [-0.25, -0.2) is 0 Å². The second kappa shape index (κ2) is 5.04. The van der Waals surface area contributed by atoms with Gasteiger partial charge >= 0.3 is 0 Å². The Hall–Kier alpha value is -2.07. The number of H-pyrrole nitrogens is 1. The van der Waals surface area contributed by atoms with E-state index in [2.05, 4.69) is 11.6 Å². The minimum Gasteiger partial charge on any atom is -0.386 e. The summed E-state index contributed by atoms with van der Waals surface area (Å²) in [5.41, 5.74) is 2.37. The first-order valence-corrected chi connectivity index (χ1v) is 7.20. The van der Waals surface area contributed by atoms with Crippen LogP contribution < -0.4 is 0 Å². The molecular formula is C17H20N2O2. The second-order valence-corrected chi connectivity index (χ2v) is 5.92. The lowest BCUT2D eigenvalue weighted by atomic mass is 9.90. The zero-order chi connectivity index (χ0) is 15.0. The molecule has 0 atom stereocenters. The highest BCUT2D eigenvalue weighted by atomic mass is 16.3. The topological polar surface area (TPSA) is 56.3 Å². The van der Waals surface area contributed by atoms with Crippen LogP contribution in [0.15, 0.2) is 36.9 Å². The molecule has 1 saturated heterocycles. The van der Waals surface area contributed by atoms with Crippen LogP contribution in [0.3, 0.4) is 0 Å². The molecule has 4 heteroatoms. The van der Waals surface area contributed by atoms with Crippen molar-refractivity contribution in [2.24, 2.45) is 0 Å². The lowest BCUT2D eigenvalue weighted by Gasteiger charge is -2.46. The molecule has 1 aromatic heterocycles. The van der Waals surface area contributed by atoms with Crippen molar-refractivity contribution in [1.29, 1.82) is 0 Å². The van der Waals surface area contributed by atoms with Gasteiger partial charge in [-0.2, -0.15) is 0 Å². The number of aryl methyl sites for hydroxylation is 1. The monoisotopic (exact) mass is 284 g/mol. The molecule has 3 rings (SSSR count). The Bertz CT molecular complexity index is 696. The molecule has 2 N–H and O–H groups in total. The average molecular weight is 284 g/mol. The van der Waals surface area contributed by atoms with Crippen molar-refractivity contribution in [3.63, 3.8) is 0 Å². The van der Waals surface area contributed by atoms with Crippen molar-refractivity contribution >= 4 is 16.8 Å². The largest absolute Gasteiger partial charge is 0.386 e. The summed E-state index contributed by atoms with van der Waals surface area (Å²) in [4.78, 5) is 17.4. The van der Waals surface area contributed by atoms with Gasteiger partial charge in [0.2, 0.25) is 5.91 Å². The molecule has 1 fully saturated rings. The van der Waals surface area contributed by atoms with Gasteiger partial charge in [-0.3, -0.25) is 4.79 Å². The number of rotatable bonds is 4. The van der Waals surface area contributed by atoms with E-state index in [1.807, 2.05) is 31.2 Å². The van der Waals surface area contributed by atoms with Crippen LogP contribution in [-0.2, 0) is 11.2 Å². The maximum atomic E-state index is 12.4. The Morgan fingerprint density at radius 3 is 2.90 bits per heavy atom. The Balaban J connectivity index is 1.73. The lowest BCUT2D eigenvalue weighted by Crippen LogP contribution is -2.63. The average Bonchev–Trinajstić information content (AvgIpc) is 2.73. The summed E-state index contributed by atoms with van der Waals surface area (Å²) in [5, 5.41) is 11.2. The first kappa shape index (κ1) is 13.9. The van der Waals surface area contributed by atoms with Crippen LogP contribution in [0.4, 0.5) is 0 Å². The number of nitrogens with zero attached hydrogens (tertiary/aromatic N) is 1. The summed E-state index contributed by atoms with van der Waals surface area (Å²) in [6.45, 7) is 6.43. The highest BCUT2D eigenvalue weighted by Gasteiger charge is 2.42. The van der Waals surface area contributed by atoms with Crippen LogP contribution in [0.25, 0.3) is 10.9 Å². The number of amides is 1. The van der Waals surface area contributed by atoms with Crippen LogP contribution in [0.1, 0.15) is 17.7 Å². The van der Waals surface area contributed by atoms with Gasteiger partial charge in [0.05, 0.1) is 19.5 Å². The van der Waals surface area contributed by atoms with E-state index in [0.717, 1.165) is 22.2 Å². The molecule has 1 aromatic carbocycles. The SMILES string of the molecule is C=CCC1(O)CN(C(=O)Cc2c(C)[nH]c3ccccc23)C1. The predicted octanol–water partition coefficient (Wildman–Crippen LogP) is 2.17. The quantitative estimate of drug-likeness (QED) is 0.845. The van der Waals surface area contributed by atoms with Gasteiger partial charge in [-0.15, -0.1) is 6.58 Å². The van der Waals surface area contributed by atoms with Crippen molar-refractivity contribution in [3.05, 3.63) is 48.2 Å². The van der Waals surface area contributed by atoms with E-state index in [9.17, 15) is 9.90 Å². The lowest BCUT2D eigenvalue weighted by molar-refractivity contribution is -0.153. The minimum atomic E-state index is -0.771. The van der Waals surface area contributed by atoms with Gasteiger partial charge in [0, 0.05) is 16.6 Å². The van der Waals surface area contributed by atoms with Crippen molar-refractivity contribution in [1.82, 2.24) is 9.88 Å². The van der Waals surface area contributed by atoms with Crippen LogP contribution in [0, 0.1) is 6.92 Å². The van der Waals surface area contributed by atoms with Crippen molar-refractivity contribution in [3.8, 4) is 0 Å². The van der Waals surface area contributed by atoms with E-state index in [0.29, 0.717) is 25.9 Å². The fourth-order valence-electron chi connectivity index (χ4n) is 3.06. The summed E-state index contributed by atoms with van der Waals surface area (Å²) in [6.07, 6.45) is 2.61. The Kier molecular flexibility index (Phi) is 3.33. The van der Waals surface area contributed by atoms with E-state index < -0.39 is 5.60 Å². The number of carbonyl (C=O) groups is 1. The number of hydrogen-bond acceptors (Lipinski definition) is 2. The number of hydrogen-bond donors (Lipinski definition) is 2. The standard InChI is InChI=1S/C17H20N2O2/c1-3-8-17(21)10-19(11-17)16(20)9-14-12(2)18-15-7-5-4-6-13(14)15/h3-7,18,21H,1,8-11H2,2H3. The van der Waals surface area contributed by atoms with Gasteiger partial charge in [0.15, 0.2) is 0 Å². The third-order valence-corrected chi connectivity index (χ3v) is 4.20. The molecule has 1 amide bonds. The summed E-state index contributed by atoms with van der Waals surface area (Å²) in [5.74, 6) is 0.0663. The smallest absolute Gasteiger partial charge is 0.227 e. The molecule has 0 spiro atoms. The number of β-amino-alcohol motifs (C(OH)–C–C–N with tert-alkyl or cyclic N) is 1. The van der Waals surface area contributed by atoms with Gasteiger partial charge in [-0.05, 0) is 25.0 Å². The van der Waals surface area contributed by atoms with E-state index in [-0.39, 0.29) is 5.91 Å². The molecule has 0 saturated carbocycles. The zero-order valence-corrected chi connectivity index (χ0v) is 12.2. The third-order valence-electron chi connectivity index (χ3n) is 4.20.